The van der Waals surface area contributed by atoms with Crippen molar-refractivity contribution in [3.05, 3.63) is 64.0 Å². The van der Waals surface area contributed by atoms with E-state index in [0.717, 1.165) is 25.9 Å². The first-order valence-electron chi connectivity index (χ1n) is 8.11. The van der Waals surface area contributed by atoms with E-state index in [4.69, 9.17) is 0 Å². The van der Waals surface area contributed by atoms with E-state index in [9.17, 15) is 19.3 Å². The molecule has 2 aromatic rings. The number of nitro groups is 1. The van der Waals surface area contributed by atoms with Gasteiger partial charge in [-0.3, -0.25) is 14.9 Å². The van der Waals surface area contributed by atoms with Crippen molar-refractivity contribution in [1.29, 1.82) is 0 Å². The summed E-state index contributed by atoms with van der Waals surface area (Å²) in [4.78, 5) is 24.5. The fourth-order valence-corrected chi connectivity index (χ4v) is 2.96. The van der Waals surface area contributed by atoms with Crippen LogP contribution in [0.15, 0.2) is 42.5 Å². The van der Waals surface area contributed by atoms with Crippen LogP contribution in [-0.4, -0.2) is 23.9 Å². The Morgan fingerprint density at radius 1 is 1.16 bits per heavy atom. The molecule has 130 valence electrons. The Kier molecular flexibility index (Phi) is 4.92. The Hall–Kier alpha value is -2.96. The maximum Gasteiger partial charge on any atom is 0.269 e. The van der Waals surface area contributed by atoms with Crippen molar-refractivity contribution in [3.8, 4) is 0 Å². The number of hydrogen-bond acceptors (Lipinski definition) is 4. The number of amides is 1. The third kappa shape index (κ3) is 3.93. The number of non-ortho nitro benzene ring substituents is 1. The number of hydrogen-bond donors (Lipinski definition) is 1. The van der Waals surface area contributed by atoms with Crippen molar-refractivity contribution < 1.29 is 14.1 Å². The van der Waals surface area contributed by atoms with Gasteiger partial charge in [0.1, 0.15) is 11.5 Å². The number of halogens is 1. The minimum absolute atomic E-state index is 0.0196. The van der Waals surface area contributed by atoms with Crippen LogP contribution in [0.3, 0.4) is 0 Å². The Morgan fingerprint density at radius 3 is 2.48 bits per heavy atom. The van der Waals surface area contributed by atoms with Crippen molar-refractivity contribution in [2.75, 3.05) is 23.3 Å². The SMILES string of the molecule is O=C(Cc1ccc([N+](=O)[O-])cc1)Nc1c(F)cccc1N1CCCC1. The van der Waals surface area contributed by atoms with Gasteiger partial charge >= 0.3 is 0 Å². The average molecular weight is 343 g/mol. The molecule has 0 aromatic heterocycles. The van der Waals surface area contributed by atoms with E-state index in [1.165, 1.54) is 30.3 Å². The number of carbonyl (C=O) groups is 1. The maximum atomic E-state index is 14.2. The molecule has 6 nitrogen and oxygen atoms in total. The molecular weight excluding hydrogens is 325 g/mol. The van der Waals surface area contributed by atoms with Gasteiger partial charge in [0, 0.05) is 25.2 Å². The highest BCUT2D eigenvalue weighted by atomic mass is 19.1. The first kappa shape index (κ1) is 16.9. The lowest BCUT2D eigenvalue weighted by Gasteiger charge is -2.22. The second-order valence-corrected chi connectivity index (χ2v) is 5.98. The molecular formula is C18H18FN3O3. The molecule has 0 bridgehead atoms. The third-order valence-electron chi connectivity index (χ3n) is 4.21. The molecule has 7 heteroatoms. The molecule has 0 saturated carbocycles. The summed E-state index contributed by atoms with van der Waals surface area (Å²) in [5, 5.41) is 13.3. The Balaban J connectivity index is 1.73. The number of nitrogens with zero attached hydrogens (tertiary/aromatic N) is 2. The van der Waals surface area contributed by atoms with Crippen LogP contribution in [-0.2, 0) is 11.2 Å². The number of rotatable bonds is 5. The summed E-state index contributed by atoms with van der Waals surface area (Å²) in [5.74, 6) is -0.833. The standard InChI is InChI=1S/C18H18FN3O3/c19-15-4-3-5-16(21-10-1-2-11-21)18(15)20-17(23)12-13-6-8-14(9-7-13)22(24)25/h3-9H,1-2,10-12H2,(H,20,23). The van der Waals surface area contributed by atoms with Gasteiger partial charge in [-0.25, -0.2) is 4.39 Å². The molecule has 2 aromatic carbocycles. The van der Waals surface area contributed by atoms with Gasteiger partial charge in [0.05, 0.1) is 17.0 Å². The van der Waals surface area contributed by atoms with Gasteiger partial charge in [-0.05, 0) is 30.5 Å². The molecule has 0 unspecified atom stereocenters. The fraction of sp³-hybridized carbons (Fsp3) is 0.278. The second-order valence-electron chi connectivity index (χ2n) is 5.98. The average Bonchev–Trinajstić information content (AvgIpc) is 3.11. The van der Waals surface area contributed by atoms with Crippen molar-refractivity contribution >= 4 is 23.0 Å². The molecule has 3 rings (SSSR count). The van der Waals surface area contributed by atoms with Crippen molar-refractivity contribution in [3.63, 3.8) is 0 Å². The van der Waals surface area contributed by atoms with Gasteiger partial charge in [-0.1, -0.05) is 18.2 Å². The summed E-state index contributed by atoms with van der Waals surface area (Å²) < 4.78 is 14.2. The number of nitro benzene ring substituents is 1. The van der Waals surface area contributed by atoms with Crippen molar-refractivity contribution in [2.45, 2.75) is 19.3 Å². The number of benzene rings is 2. The minimum atomic E-state index is -0.495. The van der Waals surface area contributed by atoms with Crippen LogP contribution in [0.25, 0.3) is 0 Å². The zero-order chi connectivity index (χ0) is 17.8. The topological polar surface area (TPSA) is 75.5 Å². The van der Waals surface area contributed by atoms with E-state index in [2.05, 4.69) is 10.2 Å². The Bertz CT molecular complexity index is 787. The van der Waals surface area contributed by atoms with Crippen LogP contribution in [0.5, 0.6) is 0 Å². The van der Waals surface area contributed by atoms with Crippen LogP contribution in [0.1, 0.15) is 18.4 Å². The Morgan fingerprint density at radius 2 is 1.84 bits per heavy atom. The molecule has 1 fully saturated rings. The lowest BCUT2D eigenvalue weighted by molar-refractivity contribution is -0.384. The van der Waals surface area contributed by atoms with Gasteiger partial charge in [-0.15, -0.1) is 0 Å². The highest BCUT2D eigenvalue weighted by Crippen LogP contribution is 2.31. The first-order valence-corrected chi connectivity index (χ1v) is 8.11. The van der Waals surface area contributed by atoms with Gasteiger partial charge < -0.3 is 10.2 Å². The van der Waals surface area contributed by atoms with Gasteiger partial charge in [0.2, 0.25) is 5.91 Å². The van der Waals surface area contributed by atoms with Crippen LogP contribution in [0.2, 0.25) is 0 Å². The summed E-state index contributed by atoms with van der Waals surface area (Å²) >= 11 is 0. The van der Waals surface area contributed by atoms with E-state index in [0.29, 0.717) is 11.3 Å². The zero-order valence-electron chi connectivity index (χ0n) is 13.6. The number of para-hydroxylation sites is 1. The molecule has 0 radical (unpaired) electrons. The van der Waals surface area contributed by atoms with E-state index < -0.39 is 10.7 Å². The molecule has 1 heterocycles. The van der Waals surface area contributed by atoms with Crippen LogP contribution in [0, 0.1) is 15.9 Å². The zero-order valence-corrected chi connectivity index (χ0v) is 13.6. The smallest absolute Gasteiger partial charge is 0.269 e. The number of nitrogens with one attached hydrogen (secondary N) is 1. The highest BCUT2D eigenvalue weighted by Gasteiger charge is 2.19. The summed E-state index contributed by atoms with van der Waals surface area (Å²) in [5.41, 5.74) is 1.47. The number of carbonyl (C=O) groups excluding carboxylic acids is 1. The number of anilines is 2. The van der Waals surface area contributed by atoms with Crippen molar-refractivity contribution in [2.24, 2.45) is 0 Å². The lowest BCUT2D eigenvalue weighted by atomic mass is 10.1. The van der Waals surface area contributed by atoms with Gasteiger partial charge in [0.15, 0.2) is 0 Å². The lowest BCUT2D eigenvalue weighted by Crippen LogP contribution is -2.22. The molecule has 0 spiro atoms. The summed E-state index contributed by atoms with van der Waals surface area (Å²) in [6.45, 7) is 1.68. The van der Waals surface area contributed by atoms with E-state index in [-0.39, 0.29) is 23.7 Å². The molecule has 0 atom stereocenters. The summed E-state index contributed by atoms with van der Waals surface area (Å²) in [7, 11) is 0. The predicted octanol–water partition coefficient (Wildman–Crippen LogP) is 3.52. The van der Waals surface area contributed by atoms with E-state index in [1.807, 2.05) is 0 Å². The fourth-order valence-electron chi connectivity index (χ4n) is 2.96. The largest absolute Gasteiger partial charge is 0.370 e. The maximum absolute atomic E-state index is 14.2. The second kappa shape index (κ2) is 7.29. The quantitative estimate of drug-likeness (QED) is 0.666. The van der Waals surface area contributed by atoms with Crippen molar-refractivity contribution in [1.82, 2.24) is 0 Å². The van der Waals surface area contributed by atoms with Gasteiger partial charge in [-0.2, -0.15) is 0 Å². The van der Waals surface area contributed by atoms with Crippen LogP contribution < -0.4 is 10.2 Å². The molecule has 1 amide bonds. The minimum Gasteiger partial charge on any atom is -0.370 e. The normalized spacial score (nSPS) is 13.7. The molecule has 1 saturated heterocycles. The summed E-state index contributed by atoms with van der Waals surface area (Å²) in [6.07, 6.45) is 2.12. The molecule has 1 N–H and O–H groups in total. The highest BCUT2D eigenvalue weighted by molar-refractivity contribution is 5.95. The Labute approximate surface area is 144 Å². The molecule has 1 aliphatic rings. The monoisotopic (exact) mass is 343 g/mol. The van der Waals surface area contributed by atoms with E-state index in [1.54, 1.807) is 12.1 Å². The molecule has 25 heavy (non-hydrogen) atoms. The van der Waals surface area contributed by atoms with Crippen LogP contribution in [0.4, 0.5) is 21.5 Å². The van der Waals surface area contributed by atoms with Gasteiger partial charge in [0.25, 0.3) is 5.69 Å². The van der Waals surface area contributed by atoms with E-state index >= 15 is 0 Å². The molecule has 1 aliphatic heterocycles. The summed E-state index contributed by atoms with van der Waals surface area (Å²) in [6, 6.07) is 10.5. The van der Waals surface area contributed by atoms with Crippen LogP contribution >= 0.6 is 0 Å². The predicted molar refractivity (Wildman–Crippen MR) is 93.3 cm³/mol. The first-order chi connectivity index (χ1) is 12.0. The third-order valence-corrected chi connectivity index (χ3v) is 4.21. The molecule has 0 aliphatic carbocycles.